The standard InChI is InChI=1S/C18H17BrN2O3/c1-24-16-9-5-4-8-15(16)21-18(23)12-10-11(12)17(22)20-14-7-3-2-6-13(14)19/h2-9,11-12H,10H2,1H3,(H,20,22)(H,21,23). The summed E-state index contributed by atoms with van der Waals surface area (Å²) >= 11 is 3.39. The predicted molar refractivity (Wildman–Crippen MR) is 96.0 cm³/mol. The quantitative estimate of drug-likeness (QED) is 0.820. The number of benzene rings is 2. The van der Waals surface area contributed by atoms with Gasteiger partial charge in [-0.15, -0.1) is 0 Å². The number of methoxy groups -OCH3 is 1. The maximum absolute atomic E-state index is 12.3. The molecule has 1 aliphatic rings. The highest BCUT2D eigenvalue weighted by atomic mass is 79.9. The molecular weight excluding hydrogens is 372 g/mol. The molecule has 1 aliphatic carbocycles. The summed E-state index contributed by atoms with van der Waals surface area (Å²) in [5.41, 5.74) is 1.32. The van der Waals surface area contributed by atoms with E-state index in [1.807, 2.05) is 36.4 Å². The minimum absolute atomic E-state index is 0.137. The number of carbonyl (C=O) groups excluding carboxylic acids is 2. The molecule has 2 aromatic carbocycles. The molecule has 3 rings (SSSR count). The molecule has 2 N–H and O–H groups in total. The Bertz CT molecular complexity index is 778. The van der Waals surface area contributed by atoms with Crippen molar-refractivity contribution >= 4 is 39.1 Å². The summed E-state index contributed by atoms with van der Waals surface area (Å²) in [5, 5.41) is 5.68. The summed E-state index contributed by atoms with van der Waals surface area (Å²) in [6.07, 6.45) is 0.553. The average Bonchev–Trinajstić information content (AvgIpc) is 3.38. The third-order valence-corrected chi connectivity index (χ3v) is 4.65. The normalized spacial score (nSPS) is 18.6. The highest BCUT2D eigenvalue weighted by Gasteiger charge is 2.48. The van der Waals surface area contributed by atoms with Gasteiger partial charge in [0.25, 0.3) is 0 Å². The molecule has 124 valence electrons. The van der Waals surface area contributed by atoms with Crippen LogP contribution < -0.4 is 15.4 Å². The number of anilines is 2. The van der Waals surface area contributed by atoms with Crippen LogP contribution in [0.3, 0.4) is 0 Å². The molecule has 2 amide bonds. The van der Waals surface area contributed by atoms with Gasteiger partial charge in [-0.25, -0.2) is 0 Å². The van der Waals surface area contributed by atoms with Gasteiger partial charge in [0.1, 0.15) is 5.75 Å². The fraction of sp³-hybridized carbons (Fsp3) is 0.222. The van der Waals surface area contributed by atoms with Gasteiger partial charge in [-0.05, 0) is 46.6 Å². The first-order valence-electron chi connectivity index (χ1n) is 7.59. The van der Waals surface area contributed by atoms with Gasteiger partial charge in [0.2, 0.25) is 11.8 Å². The first-order valence-corrected chi connectivity index (χ1v) is 8.38. The van der Waals surface area contributed by atoms with Gasteiger partial charge in [-0.2, -0.15) is 0 Å². The van der Waals surface area contributed by atoms with E-state index in [0.717, 1.165) is 4.47 Å². The molecule has 24 heavy (non-hydrogen) atoms. The lowest BCUT2D eigenvalue weighted by Gasteiger charge is -2.10. The van der Waals surface area contributed by atoms with Crippen LogP contribution in [0.15, 0.2) is 53.0 Å². The van der Waals surface area contributed by atoms with Crippen LogP contribution in [0.4, 0.5) is 11.4 Å². The molecule has 2 aromatic rings. The fourth-order valence-electron chi connectivity index (χ4n) is 2.54. The number of rotatable bonds is 5. The van der Waals surface area contributed by atoms with Crippen molar-refractivity contribution in [2.24, 2.45) is 11.8 Å². The number of para-hydroxylation sites is 3. The first-order chi connectivity index (χ1) is 11.6. The van der Waals surface area contributed by atoms with Gasteiger partial charge in [0.05, 0.1) is 30.3 Å². The molecular formula is C18H17BrN2O3. The SMILES string of the molecule is COc1ccccc1NC(=O)C1CC1C(=O)Nc1ccccc1Br. The summed E-state index contributed by atoms with van der Waals surface area (Å²) in [7, 11) is 1.55. The largest absolute Gasteiger partial charge is 0.495 e. The minimum Gasteiger partial charge on any atom is -0.495 e. The lowest BCUT2D eigenvalue weighted by atomic mass is 10.2. The number of carbonyl (C=O) groups is 2. The lowest BCUT2D eigenvalue weighted by Crippen LogP contribution is -2.21. The van der Waals surface area contributed by atoms with Crippen molar-refractivity contribution < 1.29 is 14.3 Å². The van der Waals surface area contributed by atoms with Gasteiger partial charge in [0, 0.05) is 4.47 Å². The number of ether oxygens (including phenoxy) is 1. The summed E-state index contributed by atoms with van der Waals surface area (Å²) in [6, 6.07) is 14.6. The number of amides is 2. The van der Waals surface area contributed by atoms with E-state index in [1.165, 1.54) is 0 Å². The maximum atomic E-state index is 12.3. The Morgan fingerprint density at radius 3 is 2.12 bits per heavy atom. The van der Waals surface area contributed by atoms with Crippen LogP contribution in [-0.2, 0) is 9.59 Å². The Hall–Kier alpha value is -2.34. The molecule has 2 atom stereocenters. The van der Waals surface area contributed by atoms with Crippen LogP contribution in [0.5, 0.6) is 5.75 Å². The van der Waals surface area contributed by atoms with Crippen LogP contribution in [0, 0.1) is 11.8 Å². The molecule has 0 radical (unpaired) electrons. The van der Waals surface area contributed by atoms with Crippen molar-refractivity contribution in [3.63, 3.8) is 0 Å². The molecule has 0 aliphatic heterocycles. The zero-order valence-corrected chi connectivity index (χ0v) is 14.7. The molecule has 0 saturated heterocycles. The highest BCUT2D eigenvalue weighted by Crippen LogP contribution is 2.41. The summed E-state index contributed by atoms with van der Waals surface area (Å²) in [6.45, 7) is 0. The number of halogens is 1. The molecule has 0 heterocycles. The van der Waals surface area contributed by atoms with Crippen molar-refractivity contribution in [3.8, 4) is 5.75 Å². The Labute approximate surface area is 148 Å². The lowest BCUT2D eigenvalue weighted by molar-refractivity contribution is -0.122. The molecule has 6 heteroatoms. The highest BCUT2D eigenvalue weighted by molar-refractivity contribution is 9.10. The van der Waals surface area contributed by atoms with Gasteiger partial charge >= 0.3 is 0 Å². The summed E-state index contributed by atoms with van der Waals surface area (Å²) in [4.78, 5) is 24.6. The van der Waals surface area contributed by atoms with Crippen LogP contribution in [0.2, 0.25) is 0 Å². The van der Waals surface area contributed by atoms with E-state index < -0.39 is 0 Å². The molecule has 0 spiro atoms. The second-order valence-electron chi connectivity index (χ2n) is 5.61. The van der Waals surface area contributed by atoms with Gasteiger partial charge < -0.3 is 15.4 Å². The van der Waals surface area contributed by atoms with Gasteiger partial charge in [-0.1, -0.05) is 24.3 Å². The van der Waals surface area contributed by atoms with Gasteiger partial charge in [-0.3, -0.25) is 9.59 Å². The second kappa shape index (κ2) is 7.05. The smallest absolute Gasteiger partial charge is 0.228 e. The molecule has 0 aromatic heterocycles. The zero-order chi connectivity index (χ0) is 17.1. The second-order valence-corrected chi connectivity index (χ2v) is 6.46. The molecule has 1 fully saturated rings. The van der Waals surface area contributed by atoms with E-state index >= 15 is 0 Å². The minimum atomic E-state index is -0.308. The number of nitrogens with one attached hydrogen (secondary N) is 2. The Morgan fingerprint density at radius 1 is 0.958 bits per heavy atom. The first kappa shape index (κ1) is 16.5. The average molecular weight is 389 g/mol. The Balaban J connectivity index is 1.59. The summed E-state index contributed by atoms with van der Waals surface area (Å²) < 4.78 is 6.03. The van der Waals surface area contributed by atoms with Crippen molar-refractivity contribution in [3.05, 3.63) is 53.0 Å². The molecule has 2 unspecified atom stereocenters. The molecule has 1 saturated carbocycles. The third kappa shape index (κ3) is 3.59. The van der Waals surface area contributed by atoms with E-state index in [2.05, 4.69) is 26.6 Å². The van der Waals surface area contributed by atoms with Crippen LogP contribution in [0.1, 0.15) is 6.42 Å². The molecule has 0 bridgehead atoms. The van der Waals surface area contributed by atoms with Crippen molar-refractivity contribution in [2.75, 3.05) is 17.7 Å². The van der Waals surface area contributed by atoms with Crippen molar-refractivity contribution in [1.29, 1.82) is 0 Å². The van der Waals surface area contributed by atoms with E-state index in [0.29, 0.717) is 23.5 Å². The number of hydrogen-bond donors (Lipinski definition) is 2. The number of hydrogen-bond acceptors (Lipinski definition) is 3. The molecule has 5 nitrogen and oxygen atoms in total. The maximum Gasteiger partial charge on any atom is 0.228 e. The van der Waals surface area contributed by atoms with Crippen molar-refractivity contribution in [2.45, 2.75) is 6.42 Å². The van der Waals surface area contributed by atoms with E-state index in [4.69, 9.17) is 4.74 Å². The van der Waals surface area contributed by atoms with Gasteiger partial charge in [0.15, 0.2) is 0 Å². The Morgan fingerprint density at radius 2 is 1.50 bits per heavy atom. The Kier molecular flexibility index (Phi) is 4.85. The van der Waals surface area contributed by atoms with Crippen LogP contribution in [-0.4, -0.2) is 18.9 Å². The monoisotopic (exact) mass is 388 g/mol. The topological polar surface area (TPSA) is 67.4 Å². The van der Waals surface area contributed by atoms with E-state index in [1.54, 1.807) is 19.2 Å². The van der Waals surface area contributed by atoms with E-state index in [9.17, 15) is 9.59 Å². The van der Waals surface area contributed by atoms with Crippen LogP contribution in [0.25, 0.3) is 0 Å². The fourth-order valence-corrected chi connectivity index (χ4v) is 2.92. The van der Waals surface area contributed by atoms with E-state index in [-0.39, 0.29) is 23.7 Å². The predicted octanol–water partition coefficient (Wildman–Crippen LogP) is 3.67. The zero-order valence-electron chi connectivity index (χ0n) is 13.1. The van der Waals surface area contributed by atoms with Crippen molar-refractivity contribution in [1.82, 2.24) is 0 Å². The third-order valence-electron chi connectivity index (χ3n) is 3.96. The summed E-state index contributed by atoms with van der Waals surface area (Å²) in [5.74, 6) is -0.307. The van der Waals surface area contributed by atoms with Crippen LogP contribution >= 0.6 is 15.9 Å².